The number of carbonyl (C=O) groups is 3. The largest absolute Gasteiger partial charge is 0.351 e. The van der Waals surface area contributed by atoms with Gasteiger partial charge in [-0.3, -0.25) is 14.9 Å². The number of nitrogens with one attached hydrogen (secondary N) is 1. The summed E-state index contributed by atoms with van der Waals surface area (Å²) in [6.07, 6.45) is 3.14. The topological polar surface area (TPSA) is 71.4 Å². The average molecular weight is 313 g/mol. The van der Waals surface area contributed by atoms with Gasteiger partial charge in [-0.1, -0.05) is 6.07 Å². The Morgan fingerprint density at radius 1 is 1.13 bits per heavy atom. The number of imide groups is 2. The van der Waals surface area contributed by atoms with Gasteiger partial charge >= 0.3 is 6.03 Å². The van der Waals surface area contributed by atoms with Crippen LogP contribution in [0.5, 0.6) is 0 Å². The molecule has 0 unspecified atom stereocenters. The van der Waals surface area contributed by atoms with Gasteiger partial charge in [0.2, 0.25) is 0 Å². The van der Waals surface area contributed by atoms with Gasteiger partial charge in [0.25, 0.3) is 11.8 Å². The fourth-order valence-corrected chi connectivity index (χ4v) is 2.28. The van der Waals surface area contributed by atoms with E-state index in [-0.39, 0.29) is 11.3 Å². The minimum absolute atomic E-state index is 0.0535. The molecule has 3 rings (SSSR count). The molecule has 1 fully saturated rings. The number of aromatic nitrogens is 1. The van der Waals surface area contributed by atoms with Crippen LogP contribution in [0, 0.1) is 5.82 Å². The van der Waals surface area contributed by atoms with E-state index in [1.54, 1.807) is 29.9 Å². The molecule has 2 aromatic rings. The number of halogens is 1. The second-order valence-electron chi connectivity index (χ2n) is 4.98. The summed E-state index contributed by atoms with van der Waals surface area (Å²) in [6.45, 7) is 0. The summed E-state index contributed by atoms with van der Waals surface area (Å²) in [4.78, 5) is 37.2. The SMILES string of the molecule is Cn1cccc1/C=C1\C(=O)NC(=O)N(c2cccc(F)c2)C1=O. The summed E-state index contributed by atoms with van der Waals surface area (Å²) >= 11 is 0. The van der Waals surface area contributed by atoms with Gasteiger partial charge in [0.15, 0.2) is 0 Å². The molecule has 0 saturated carbocycles. The van der Waals surface area contributed by atoms with Gasteiger partial charge in [-0.25, -0.2) is 14.1 Å². The van der Waals surface area contributed by atoms with E-state index in [1.165, 1.54) is 24.3 Å². The maximum atomic E-state index is 13.4. The van der Waals surface area contributed by atoms with Gasteiger partial charge in [-0.15, -0.1) is 0 Å². The first-order valence-electron chi connectivity index (χ1n) is 6.76. The Morgan fingerprint density at radius 2 is 1.91 bits per heavy atom. The van der Waals surface area contributed by atoms with Gasteiger partial charge in [-0.2, -0.15) is 0 Å². The first-order valence-corrected chi connectivity index (χ1v) is 6.76. The maximum Gasteiger partial charge on any atom is 0.335 e. The summed E-state index contributed by atoms with van der Waals surface area (Å²) in [5.74, 6) is -2.17. The van der Waals surface area contributed by atoms with Crippen molar-refractivity contribution < 1.29 is 18.8 Å². The number of hydrogen-bond donors (Lipinski definition) is 1. The van der Waals surface area contributed by atoms with E-state index in [4.69, 9.17) is 0 Å². The van der Waals surface area contributed by atoms with Gasteiger partial charge in [0, 0.05) is 18.9 Å². The molecule has 7 heteroatoms. The van der Waals surface area contributed by atoms with Crippen LogP contribution in [-0.4, -0.2) is 22.4 Å². The first kappa shape index (κ1) is 14.7. The number of urea groups is 1. The van der Waals surface area contributed by atoms with Crippen molar-refractivity contribution in [2.45, 2.75) is 0 Å². The van der Waals surface area contributed by atoms with Crippen molar-refractivity contribution in [1.29, 1.82) is 0 Å². The van der Waals surface area contributed by atoms with Crippen LogP contribution >= 0.6 is 0 Å². The van der Waals surface area contributed by atoms with Crippen molar-refractivity contribution in [2.75, 3.05) is 4.90 Å². The van der Waals surface area contributed by atoms with E-state index >= 15 is 0 Å². The number of carbonyl (C=O) groups excluding carboxylic acids is 3. The minimum atomic E-state index is -0.908. The number of anilines is 1. The molecular weight excluding hydrogens is 301 g/mol. The van der Waals surface area contributed by atoms with Gasteiger partial charge < -0.3 is 4.57 Å². The normalized spacial score (nSPS) is 16.9. The van der Waals surface area contributed by atoms with Crippen LogP contribution in [0.3, 0.4) is 0 Å². The predicted octanol–water partition coefficient (Wildman–Crippen LogP) is 1.83. The fraction of sp³-hybridized carbons (Fsp3) is 0.0625. The monoisotopic (exact) mass is 313 g/mol. The highest BCUT2D eigenvalue weighted by Gasteiger charge is 2.37. The number of rotatable bonds is 2. The third kappa shape index (κ3) is 2.64. The molecule has 1 aliphatic rings. The minimum Gasteiger partial charge on any atom is -0.351 e. The molecule has 1 saturated heterocycles. The van der Waals surface area contributed by atoms with Crippen LogP contribution in [-0.2, 0) is 16.6 Å². The molecule has 0 bridgehead atoms. The third-order valence-electron chi connectivity index (χ3n) is 3.44. The van der Waals surface area contributed by atoms with Crippen LogP contribution in [0.4, 0.5) is 14.9 Å². The van der Waals surface area contributed by atoms with Crippen LogP contribution in [0.2, 0.25) is 0 Å². The van der Waals surface area contributed by atoms with E-state index in [1.807, 2.05) is 0 Å². The molecule has 1 N–H and O–H groups in total. The summed E-state index contributed by atoms with van der Waals surface area (Å²) in [5, 5.41) is 2.09. The van der Waals surface area contributed by atoms with Gasteiger partial charge in [-0.05, 0) is 36.4 Å². The standard InChI is InChI=1S/C16H12FN3O3/c1-19-7-3-6-11(19)9-13-14(21)18-16(23)20(15(13)22)12-5-2-4-10(17)8-12/h2-9H,1H3,(H,18,21,23)/b13-9+. The van der Waals surface area contributed by atoms with Crippen LogP contribution in [0.15, 0.2) is 48.2 Å². The first-order chi connectivity index (χ1) is 11.0. The van der Waals surface area contributed by atoms with Crippen molar-refractivity contribution >= 4 is 29.6 Å². The zero-order chi connectivity index (χ0) is 16.6. The Hall–Kier alpha value is -3.22. The lowest BCUT2D eigenvalue weighted by Crippen LogP contribution is -2.54. The lowest BCUT2D eigenvalue weighted by molar-refractivity contribution is -0.122. The van der Waals surface area contributed by atoms with Crippen LogP contribution in [0.1, 0.15) is 5.69 Å². The lowest BCUT2D eigenvalue weighted by Gasteiger charge is -2.26. The molecule has 0 radical (unpaired) electrons. The molecule has 1 aromatic heterocycles. The summed E-state index contributed by atoms with van der Waals surface area (Å²) in [5.41, 5.74) is 0.477. The fourth-order valence-electron chi connectivity index (χ4n) is 2.28. The van der Waals surface area contributed by atoms with Crippen molar-refractivity contribution in [3.63, 3.8) is 0 Å². The summed E-state index contributed by atoms with van der Waals surface area (Å²) in [7, 11) is 1.76. The molecule has 2 heterocycles. The molecule has 1 aliphatic heterocycles. The second-order valence-corrected chi connectivity index (χ2v) is 4.98. The van der Waals surface area contributed by atoms with Crippen molar-refractivity contribution in [3.8, 4) is 0 Å². The second kappa shape index (κ2) is 5.53. The Kier molecular flexibility index (Phi) is 3.53. The van der Waals surface area contributed by atoms with Crippen LogP contribution in [0.25, 0.3) is 6.08 Å². The average Bonchev–Trinajstić information content (AvgIpc) is 2.88. The van der Waals surface area contributed by atoms with Crippen LogP contribution < -0.4 is 10.2 Å². The molecule has 0 spiro atoms. The summed E-state index contributed by atoms with van der Waals surface area (Å²) < 4.78 is 15.1. The molecule has 23 heavy (non-hydrogen) atoms. The zero-order valence-corrected chi connectivity index (χ0v) is 12.1. The molecule has 0 aliphatic carbocycles. The van der Waals surface area contributed by atoms with E-state index < -0.39 is 23.7 Å². The maximum absolute atomic E-state index is 13.4. The number of aryl methyl sites for hydroxylation is 1. The van der Waals surface area contributed by atoms with Gasteiger partial charge in [0.1, 0.15) is 11.4 Å². The molecular formula is C16H12FN3O3. The Bertz CT molecular complexity index is 854. The highest BCUT2D eigenvalue weighted by atomic mass is 19.1. The third-order valence-corrected chi connectivity index (χ3v) is 3.44. The predicted molar refractivity (Wildman–Crippen MR) is 80.8 cm³/mol. The van der Waals surface area contributed by atoms with E-state index in [0.717, 1.165) is 11.0 Å². The number of barbiturate groups is 1. The molecule has 0 atom stereocenters. The van der Waals surface area contributed by atoms with Crippen molar-refractivity contribution in [2.24, 2.45) is 7.05 Å². The van der Waals surface area contributed by atoms with Gasteiger partial charge in [0.05, 0.1) is 5.69 Å². The van der Waals surface area contributed by atoms with Crippen molar-refractivity contribution in [3.05, 3.63) is 59.7 Å². The van der Waals surface area contributed by atoms with E-state index in [9.17, 15) is 18.8 Å². The summed E-state index contributed by atoms with van der Waals surface area (Å²) in [6, 6.07) is 7.60. The lowest BCUT2D eigenvalue weighted by atomic mass is 10.1. The Morgan fingerprint density at radius 3 is 2.57 bits per heavy atom. The Balaban J connectivity index is 2.04. The quantitative estimate of drug-likeness (QED) is 0.679. The number of amides is 4. The van der Waals surface area contributed by atoms with E-state index in [0.29, 0.717) is 5.69 Å². The smallest absolute Gasteiger partial charge is 0.335 e. The van der Waals surface area contributed by atoms with E-state index in [2.05, 4.69) is 5.32 Å². The van der Waals surface area contributed by atoms with Crippen molar-refractivity contribution in [1.82, 2.24) is 9.88 Å². The number of hydrogen-bond acceptors (Lipinski definition) is 3. The molecule has 4 amide bonds. The molecule has 6 nitrogen and oxygen atoms in total. The molecule has 1 aromatic carbocycles. The highest BCUT2D eigenvalue weighted by molar-refractivity contribution is 6.39. The number of benzene rings is 1. The number of nitrogens with zero attached hydrogens (tertiary/aromatic N) is 2. The zero-order valence-electron chi connectivity index (χ0n) is 12.1. The Labute approximate surface area is 130 Å². The molecule has 116 valence electrons. The highest BCUT2D eigenvalue weighted by Crippen LogP contribution is 2.22.